The van der Waals surface area contributed by atoms with E-state index in [0.29, 0.717) is 29.1 Å². The van der Waals surface area contributed by atoms with Crippen LogP contribution in [0.5, 0.6) is 0 Å². The van der Waals surface area contributed by atoms with Crippen LogP contribution in [0.1, 0.15) is 29.9 Å². The first-order valence-corrected chi connectivity index (χ1v) is 10.9. The van der Waals surface area contributed by atoms with E-state index >= 15 is 0 Å². The molecule has 2 aromatic heterocycles. The number of carboxylic acid groups (broad SMARTS) is 1. The number of anilines is 2. The summed E-state index contributed by atoms with van der Waals surface area (Å²) in [6, 6.07) is 4.88. The van der Waals surface area contributed by atoms with Crippen molar-refractivity contribution in [1.82, 2.24) is 19.7 Å². The molecule has 10 heteroatoms. The highest BCUT2D eigenvalue weighted by Gasteiger charge is 2.31. The second-order valence-electron chi connectivity index (χ2n) is 8.42. The average Bonchev–Trinajstić information content (AvgIpc) is 3.38. The summed E-state index contributed by atoms with van der Waals surface area (Å²) in [7, 11) is 3.90. The van der Waals surface area contributed by atoms with E-state index in [-0.39, 0.29) is 12.5 Å². The van der Waals surface area contributed by atoms with Crippen molar-refractivity contribution < 1.29 is 19.1 Å². The molecule has 4 heterocycles. The van der Waals surface area contributed by atoms with Crippen LogP contribution in [0.15, 0.2) is 30.6 Å². The lowest BCUT2D eigenvalue weighted by Gasteiger charge is -2.30. The maximum atomic E-state index is 14.4. The molecule has 2 N–H and O–H groups in total. The highest BCUT2D eigenvalue weighted by Crippen LogP contribution is 2.37. The molecule has 174 valence electrons. The van der Waals surface area contributed by atoms with E-state index < -0.39 is 5.82 Å². The second kappa shape index (κ2) is 9.53. The predicted octanol–water partition coefficient (Wildman–Crippen LogP) is 3.21. The Hall–Kier alpha value is -3.53. The lowest BCUT2D eigenvalue weighted by atomic mass is 9.87. The third-order valence-corrected chi connectivity index (χ3v) is 6.24. The van der Waals surface area contributed by atoms with Gasteiger partial charge in [0, 0.05) is 42.6 Å². The lowest BCUT2D eigenvalue weighted by molar-refractivity contribution is -0.122. The second-order valence-corrected chi connectivity index (χ2v) is 8.42. The van der Waals surface area contributed by atoms with Gasteiger partial charge in [0.1, 0.15) is 11.3 Å². The molecule has 33 heavy (non-hydrogen) atoms. The van der Waals surface area contributed by atoms with Crippen LogP contribution in [0, 0.1) is 5.82 Å². The maximum Gasteiger partial charge on any atom is 0.327 e. The zero-order chi connectivity index (χ0) is 23.5. The number of carbonyl (C=O) groups is 2. The minimum Gasteiger partial charge on any atom is -0.483 e. The van der Waals surface area contributed by atoms with E-state index in [1.807, 2.05) is 0 Å². The number of hydrogen-bond donors (Lipinski definition) is 2. The van der Waals surface area contributed by atoms with Gasteiger partial charge in [-0.15, -0.1) is 0 Å². The van der Waals surface area contributed by atoms with Crippen LogP contribution in [0.25, 0.3) is 10.9 Å². The minimum absolute atomic E-state index is 0.250. The fraction of sp³-hybridized carbons (Fsp3) is 0.391. The first-order valence-electron chi connectivity index (χ1n) is 10.9. The fourth-order valence-corrected chi connectivity index (χ4v) is 4.69. The Morgan fingerprint density at radius 1 is 1.24 bits per heavy atom. The van der Waals surface area contributed by atoms with Crippen LogP contribution in [0.2, 0.25) is 0 Å². The number of aromatic nitrogens is 3. The van der Waals surface area contributed by atoms with E-state index in [9.17, 15) is 9.18 Å². The van der Waals surface area contributed by atoms with Gasteiger partial charge in [-0.2, -0.15) is 5.10 Å². The highest BCUT2D eigenvalue weighted by atomic mass is 19.1. The number of aryl methyl sites for hydroxylation is 1. The van der Waals surface area contributed by atoms with Crippen molar-refractivity contribution in [2.45, 2.75) is 25.2 Å². The minimum atomic E-state index is -0.451. The molecule has 0 radical (unpaired) electrons. The van der Waals surface area contributed by atoms with E-state index in [1.165, 1.54) is 17.2 Å². The molecular weight excluding hydrogens is 427 g/mol. The van der Waals surface area contributed by atoms with E-state index in [4.69, 9.17) is 9.90 Å². The van der Waals surface area contributed by atoms with Crippen molar-refractivity contribution in [2.24, 2.45) is 7.05 Å². The van der Waals surface area contributed by atoms with Gasteiger partial charge in [-0.05, 0) is 69.1 Å². The Bertz CT molecular complexity index is 1170. The standard InChI is InChI=1S/C22H25FN6O.CH2O2/c1-27-8-4-14(5-9-27)17-3-7-24-21-18(17)6-10-29(21)22(30)25-16-11-15-13-28(2)26-20(15)19(23)12-16;2-1-3/h3,7,11-14H,4-6,8-10H2,1-2H3,(H,25,30);1H,(H,2,3). The number of carbonyl (C=O) groups excluding carboxylic acids is 1. The van der Waals surface area contributed by atoms with Gasteiger partial charge >= 0.3 is 6.03 Å². The molecule has 5 rings (SSSR count). The number of urea groups is 1. The summed E-state index contributed by atoms with van der Waals surface area (Å²) >= 11 is 0. The number of fused-ring (bicyclic) bond motifs is 2. The zero-order valence-electron chi connectivity index (χ0n) is 18.7. The van der Waals surface area contributed by atoms with Crippen molar-refractivity contribution in [2.75, 3.05) is 36.9 Å². The van der Waals surface area contributed by atoms with Gasteiger partial charge in [0.05, 0.1) is 0 Å². The van der Waals surface area contributed by atoms with E-state index in [1.54, 1.807) is 35.1 Å². The molecule has 1 fully saturated rings. The highest BCUT2D eigenvalue weighted by molar-refractivity contribution is 6.03. The fourth-order valence-electron chi connectivity index (χ4n) is 4.69. The molecule has 1 aromatic carbocycles. The maximum absolute atomic E-state index is 14.4. The number of amides is 2. The Morgan fingerprint density at radius 3 is 2.70 bits per heavy atom. The summed E-state index contributed by atoms with van der Waals surface area (Å²) in [6.45, 7) is 2.51. The van der Waals surface area contributed by atoms with Crippen molar-refractivity contribution >= 4 is 34.9 Å². The van der Waals surface area contributed by atoms with Crippen LogP contribution in [-0.4, -0.2) is 64.0 Å². The van der Waals surface area contributed by atoms with Crippen LogP contribution < -0.4 is 10.2 Å². The average molecular weight is 455 g/mol. The summed E-state index contributed by atoms with van der Waals surface area (Å²) < 4.78 is 15.9. The number of pyridine rings is 1. The molecule has 0 aliphatic carbocycles. The molecular formula is C23H27FN6O3. The number of nitrogens with one attached hydrogen (secondary N) is 1. The van der Waals surface area contributed by atoms with Crippen LogP contribution in [0.4, 0.5) is 20.7 Å². The quantitative estimate of drug-likeness (QED) is 0.577. The topological polar surface area (TPSA) is 104 Å². The van der Waals surface area contributed by atoms with Gasteiger partial charge in [0.25, 0.3) is 6.47 Å². The Balaban J connectivity index is 0.000000821. The Kier molecular flexibility index (Phi) is 6.55. The molecule has 0 atom stereocenters. The van der Waals surface area contributed by atoms with Crippen LogP contribution in [-0.2, 0) is 18.3 Å². The summed E-state index contributed by atoms with van der Waals surface area (Å²) in [4.78, 5) is 29.9. The molecule has 0 spiro atoms. The van der Waals surface area contributed by atoms with Gasteiger partial charge in [0.15, 0.2) is 5.82 Å². The van der Waals surface area contributed by atoms with Crippen LogP contribution in [0.3, 0.4) is 0 Å². The number of hydrogen-bond acceptors (Lipinski definition) is 5. The predicted molar refractivity (Wildman–Crippen MR) is 123 cm³/mol. The largest absolute Gasteiger partial charge is 0.483 e. The molecule has 2 amide bonds. The van der Waals surface area contributed by atoms with Crippen LogP contribution >= 0.6 is 0 Å². The van der Waals surface area contributed by atoms with E-state index in [0.717, 1.165) is 38.2 Å². The Labute approximate surface area is 190 Å². The van der Waals surface area contributed by atoms with Gasteiger partial charge < -0.3 is 15.3 Å². The number of rotatable bonds is 2. The summed E-state index contributed by atoms with van der Waals surface area (Å²) in [5.74, 6) is 0.794. The SMILES string of the molecule is CN1CCC(c2ccnc3c2CCN3C(=O)Nc2cc(F)c3nn(C)cc3c2)CC1.O=CO. The summed E-state index contributed by atoms with van der Waals surface area (Å²) in [5, 5.41) is 14.5. The third-order valence-electron chi connectivity index (χ3n) is 6.24. The normalized spacial score (nSPS) is 16.3. The molecule has 0 bridgehead atoms. The molecule has 2 aliphatic rings. The van der Waals surface area contributed by atoms with Gasteiger partial charge in [0.2, 0.25) is 0 Å². The Morgan fingerprint density at radius 2 is 1.97 bits per heavy atom. The molecule has 2 aliphatic heterocycles. The zero-order valence-corrected chi connectivity index (χ0v) is 18.7. The van der Waals surface area contributed by atoms with Crippen molar-refractivity contribution in [3.63, 3.8) is 0 Å². The number of benzene rings is 1. The third kappa shape index (κ3) is 4.65. The van der Waals surface area contributed by atoms with Crippen molar-refractivity contribution in [3.8, 4) is 0 Å². The molecule has 0 unspecified atom stereocenters. The van der Waals surface area contributed by atoms with E-state index in [2.05, 4.69) is 33.4 Å². The summed E-state index contributed by atoms with van der Waals surface area (Å²) in [6.07, 6.45) is 6.59. The monoisotopic (exact) mass is 454 g/mol. The molecule has 3 aromatic rings. The van der Waals surface area contributed by atoms with Gasteiger partial charge in [-0.25, -0.2) is 14.2 Å². The first kappa shape index (κ1) is 22.7. The number of halogens is 1. The lowest BCUT2D eigenvalue weighted by Crippen LogP contribution is -2.34. The molecule has 0 saturated carbocycles. The molecule has 9 nitrogen and oxygen atoms in total. The number of piperidine rings is 1. The first-order chi connectivity index (χ1) is 15.9. The number of likely N-dealkylation sites (tertiary alicyclic amines) is 1. The smallest absolute Gasteiger partial charge is 0.327 e. The van der Waals surface area contributed by atoms with Crippen molar-refractivity contribution in [1.29, 1.82) is 0 Å². The number of nitrogens with zero attached hydrogens (tertiary/aromatic N) is 5. The van der Waals surface area contributed by atoms with Gasteiger partial charge in [-0.3, -0.25) is 14.4 Å². The summed E-state index contributed by atoms with van der Waals surface area (Å²) in [5.41, 5.74) is 3.21. The van der Waals surface area contributed by atoms with Gasteiger partial charge in [-0.1, -0.05) is 0 Å². The van der Waals surface area contributed by atoms with Crippen molar-refractivity contribution in [3.05, 3.63) is 47.5 Å². The molecule has 1 saturated heterocycles.